The molecule has 0 spiro atoms. The van der Waals surface area contributed by atoms with E-state index in [1.54, 1.807) is 25.6 Å². The van der Waals surface area contributed by atoms with E-state index in [-0.39, 0.29) is 0 Å². The molecule has 0 amide bonds. The van der Waals surface area contributed by atoms with Gasteiger partial charge in [-0.2, -0.15) is 4.98 Å². The maximum Gasteiger partial charge on any atom is 0.259 e. The lowest BCUT2D eigenvalue weighted by Crippen LogP contribution is -1.92. The Labute approximate surface area is 121 Å². The van der Waals surface area contributed by atoms with Crippen LogP contribution in [0, 0.1) is 0 Å². The maximum atomic E-state index is 5.69. The first-order chi connectivity index (χ1) is 10.2. The van der Waals surface area contributed by atoms with Gasteiger partial charge in [-0.15, -0.1) is 0 Å². The molecule has 0 saturated heterocycles. The molecule has 1 aromatic carbocycles. The average Bonchev–Trinajstić information content (AvgIpc) is 2.97. The summed E-state index contributed by atoms with van der Waals surface area (Å²) in [5.74, 6) is 1.84. The Bertz CT molecular complexity index is 737. The van der Waals surface area contributed by atoms with Crippen LogP contribution in [0.1, 0.15) is 11.4 Å². The zero-order chi connectivity index (χ0) is 14.7. The Morgan fingerprint density at radius 1 is 1.19 bits per heavy atom. The molecule has 21 heavy (non-hydrogen) atoms. The van der Waals surface area contributed by atoms with Gasteiger partial charge in [0.05, 0.1) is 18.4 Å². The van der Waals surface area contributed by atoms with Crippen molar-refractivity contribution in [1.82, 2.24) is 15.1 Å². The summed E-state index contributed by atoms with van der Waals surface area (Å²) in [5, 5.41) is 3.97. The minimum absolute atomic E-state index is 0.415. The molecule has 2 aromatic heterocycles. The van der Waals surface area contributed by atoms with Crippen LogP contribution in [0.2, 0.25) is 0 Å². The molecule has 0 unspecified atom stereocenters. The Kier molecular flexibility index (Phi) is 3.51. The summed E-state index contributed by atoms with van der Waals surface area (Å²) < 4.78 is 10.4. The SMILES string of the molecule is COc1ccc(Cc2noc(-c3cncc(N)c3)n2)cc1. The van der Waals surface area contributed by atoms with Crippen LogP contribution in [-0.4, -0.2) is 22.2 Å². The summed E-state index contributed by atoms with van der Waals surface area (Å²) >= 11 is 0. The van der Waals surface area contributed by atoms with Gasteiger partial charge in [-0.3, -0.25) is 4.98 Å². The fourth-order valence-corrected chi connectivity index (χ4v) is 1.94. The lowest BCUT2D eigenvalue weighted by atomic mass is 10.1. The first-order valence-electron chi connectivity index (χ1n) is 6.41. The van der Waals surface area contributed by atoms with Crippen molar-refractivity contribution in [2.24, 2.45) is 0 Å². The second kappa shape index (κ2) is 5.62. The van der Waals surface area contributed by atoms with E-state index in [9.17, 15) is 0 Å². The van der Waals surface area contributed by atoms with Gasteiger partial charge in [0.15, 0.2) is 5.82 Å². The van der Waals surface area contributed by atoms with Crippen LogP contribution in [0.25, 0.3) is 11.5 Å². The molecule has 0 radical (unpaired) electrons. The van der Waals surface area contributed by atoms with Gasteiger partial charge in [0.1, 0.15) is 5.75 Å². The van der Waals surface area contributed by atoms with E-state index in [0.29, 0.717) is 29.4 Å². The molecule has 3 rings (SSSR count). The number of rotatable bonds is 4. The molecule has 0 fully saturated rings. The smallest absolute Gasteiger partial charge is 0.259 e. The minimum atomic E-state index is 0.415. The average molecular weight is 282 g/mol. The van der Waals surface area contributed by atoms with E-state index >= 15 is 0 Å². The van der Waals surface area contributed by atoms with E-state index in [1.165, 1.54) is 0 Å². The molecule has 0 saturated carbocycles. The molecule has 6 nitrogen and oxygen atoms in total. The molecule has 0 aliphatic heterocycles. The number of hydrogen-bond acceptors (Lipinski definition) is 6. The van der Waals surface area contributed by atoms with E-state index in [1.807, 2.05) is 24.3 Å². The summed E-state index contributed by atoms with van der Waals surface area (Å²) in [6.45, 7) is 0. The molecule has 0 aliphatic rings. The third kappa shape index (κ3) is 3.00. The van der Waals surface area contributed by atoms with Crippen LogP contribution in [0.5, 0.6) is 5.75 Å². The van der Waals surface area contributed by atoms with Gasteiger partial charge in [-0.05, 0) is 23.8 Å². The van der Waals surface area contributed by atoms with E-state index < -0.39 is 0 Å². The Hall–Kier alpha value is -2.89. The Balaban J connectivity index is 1.78. The Morgan fingerprint density at radius 3 is 2.71 bits per heavy atom. The van der Waals surface area contributed by atoms with Crippen molar-refractivity contribution in [3.05, 3.63) is 54.1 Å². The molecular formula is C15H14N4O2. The highest BCUT2D eigenvalue weighted by molar-refractivity contribution is 5.57. The van der Waals surface area contributed by atoms with Gasteiger partial charge in [-0.25, -0.2) is 0 Å². The summed E-state index contributed by atoms with van der Waals surface area (Å²) in [4.78, 5) is 8.36. The van der Waals surface area contributed by atoms with E-state index in [4.69, 9.17) is 15.0 Å². The van der Waals surface area contributed by atoms with Gasteiger partial charge < -0.3 is 15.0 Å². The lowest BCUT2D eigenvalue weighted by molar-refractivity contribution is 0.414. The largest absolute Gasteiger partial charge is 0.497 e. The zero-order valence-electron chi connectivity index (χ0n) is 11.5. The van der Waals surface area contributed by atoms with E-state index in [0.717, 1.165) is 11.3 Å². The van der Waals surface area contributed by atoms with Crippen LogP contribution < -0.4 is 10.5 Å². The highest BCUT2D eigenvalue weighted by Gasteiger charge is 2.10. The Morgan fingerprint density at radius 2 is 2.00 bits per heavy atom. The number of anilines is 1. The van der Waals surface area contributed by atoms with Crippen molar-refractivity contribution in [2.75, 3.05) is 12.8 Å². The molecule has 106 valence electrons. The van der Waals surface area contributed by atoms with Crippen LogP contribution >= 0.6 is 0 Å². The number of benzene rings is 1. The number of aromatic nitrogens is 3. The molecule has 0 aliphatic carbocycles. The predicted octanol–water partition coefficient (Wildman–Crippen LogP) is 2.31. The van der Waals surface area contributed by atoms with Crippen molar-refractivity contribution < 1.29 is 9.26 Å². The first-order valence-corrected chi connectivity index (χ1v) is 6.41. The van der Waals surface area contributed by atoms with Gasteiger partial charge >= 0.3 is 0 Å². The minimum Gasteiger partial charge on any atom is -0.497 e. The van der Waals surface area contributed by atoms with Gasteiger partial charge in [0, 0.05) is 18.8 Å². The number of nitrogens with zero attached hydrogens (tertiary/aromatic N) is 3. The second-order valence-corrected chi connectivity index (χ2v) is 4.55. The maximum absolute atomic E-state index is 5.69. The number of nitrogen functional groups attached to an aromatic ring is 1. The second-order valence-electron chi connectivity index (χ2n) is 4.55. The van der Waals surface area contributed by atoms with Crippen LogP contribution in [0.4, 0.5) is 5.69 Å². The number of hydrogen-bond donors (Lipinski definition) is 1. The van der Waals surface area contributed by atoms with Gasteiger partial charge in [0.25, 0.3) is 5.89 Å². The van der Waals surface area contributed by atoms with Crippen molar-refractivity contribution in [3.63, 3.8) is 0 Å². The molecule has 3 aromatic rings. The van der Waals surface area contributed by atoms with Crippen molar-refractivity contribution in [2.45, 2.75) is 6.42 Å². The molecular weight excluding hydrogens is 268 g/mol. The zero-order valence-corrected chi connectivity index (χ0v) is 11.5. The monoisotopic (exact) mass is 282 g/mol. The van der Waals surface area contributed by atoms with Crippen LogP contribution in [0.15, 0.2) is 47.2 Å². The van der Waals surface area contributed by atoms with Crippen molar-refractivity contribution in [1.29, 1.82) is 0 Å². The number of methoxy groups -OCH3 is 1. The number of nitrogens with two attached hydrogens (primary N) is 1. The molecule has 2 N–H and O–H groups in total. The fourth-order valence-electron chi connectivity index (χ4n) is 1.94. The molecule has 0 atom stereocenters. The number of ether oxygens (including phenoxy) is 1. The van der Waals surface area contributed by atoms with Crippen LogP contribution in [0.3, 0.4) is 0 Å². The normalized spacial score (nSPS) is 10.5. The lowest BCUT2D eigenvalue weighted by Gasteiger charge is -2.00. The molecule has 2 heterocycles. The predicted molar refractivity (Wildman–Crippen MR) is 77.7 cm³/mol. The fraction of sp³-hybridized carbons (Fsp3) is 0.133. The third-order valence-corrected chi connectivity index (χ3v) is 3.00. The van der Waals surface area contributed by atoms with Crippen molar-refractivity contribution in [3.8, 4) is 17.2 Å². The molecule has 0 bridgehead atoms. The number of pyridine rings is 1. The topological polar surface area (TPSA) is 87.1 Å². The standard InChI is InChI=1S/C15H14N4O2/c1-20-13-4-2-10(3-5-13)6-14-18-15(21-19-14)11-7-12(16)9-17-8-11/h2-5,7-9H,6,16H2,1H3. The van der Waals surface area contributed by atoms with Gasteiger partial charge in [-0.1, -0.05) is 17.3 Å². The van der Waals surface area contributed by atoms with Crippen molar-refractivity contribution >= 4 is 5.69 Å². The van der Waals surface area contributed by atoms with Crippen LogP contribution in [-0.2, 0) is 6.42 Å². The highest BCUT2D eigenvalue weighted by Crippen LogP contribution is 2.19. The summed E-state index contributed by atoms with van der Waals surface area (Å²) in [6.07, 6.45) is 3.79. The third-order valence-electron chi connectivity index (χ3n) is 3.00. The summed E-state index contributed by atoms with van der Waals surface area (Å²) in [5.41, 5.74) is 8.04. The summed E-state index contributed by atoms with van der Waals surface area (Å²) in [6, 6.07) is 9.49. The van der Waals surface area contributed by atoms with Gasteiger partial charge in [0.2, 0.25) is 0 Å². The summed E-state index contributed by atoms with van der Waals surface area (Å²) in [7, 11) is 1.64. The first kappa shape index (κ1) is 13.1. The van der Waals surface area contributed by atoms with E-state index in [2.05, 4.69) is 15.1 Å². The highest BCUT2D eigenvalue weighted by atomic mass is 16.5. The quantitative estimate of drug-likeness (QED) is 0.790. The molecule has 6 heteroatoms.